The molecule has 2 N–H and O–H groups in total. The topological polar surface area (TPSA) is 55.6 Å². The number of carbonyl (C=O) groups excluding carboxylic acids is 1. The van der Waals surface area contributed by atoms with Gasteiger partial charge in [-0.25, -0.2) is 0 Å². The third kappa shape index (κ3) is 2.38. The number of rotatable bonds is 2. The smallest absolute Gasteiger partial charge is 0.227 e. The van der Waals surface area contributed by atoms with Gasteiger partial charge in [-0.15, -0.1) is 0 Å². The Bertz CT molecular complexity index is 257. The Morgan fingerprint density at radius 2 is 2.31 bits per heavy atom. The molecule has 0 radical (unpaired) electrons. The minimum Gasteiger partial charge on any atom is -0.375 e. The number of nitrogens with zero attached hydrogens (tertiary/aromatic N) is 1. The molecule has 2 aliphatic rings. The maximum absolute atomic E-state index is 12.3. The first-order valence-corrected chi connectivity index (χ1v) is 6.38. The summed E-state index contributed by atoms with van der Waals surface area (Å²) in [7, 11) is 0. The fourth-order valence-corrected chi connectivity index (χ4v) is 2.70. The van der Waals surface area contributed by atoms with Crippen molar-refractivity contribution in [3.63, 3.8) is 0 Å². The highest BCUT2D eigenvalue weighted by atomic mass is 16.5. The van der Waals surface area contributed by atoms with E-state index in [1.807, 2.05) is 4.90 Å². The molecule has 1 saturated heterocycles. The van der Waals surface area contributed by atoms with Crippen LogP contribution < -0.4 is 5.73 Å². The number of hydrogen-bond donors (Lipinski definition) is 1. The van der Waals surface area contributed by atoms with Crippen molar-refractivity contribution >= 4 is 5.91 Å². The summed E-state index contributed by atoms with van der Waals surface area (Å²) in [6, 6.07) is 0.0791. The molecule has 1 heterocycles. The van der Waals surface area contributed by atoms with Gasteiger partial charge in [0.25, 0.3) is 0 Å². The zero-order valence-electron chi connectivity index (χ0n) is 10.0. The molecule has 0 aromatic rings. The van der Waals surface area contributed by atoms with Crippen molar-refractivity contribution in [3.05, 3.63) is 0 Å². The molecule has 2 fully saturated rings. The maximum atomic E-state index is 12.3. The molecule has 4 nitrogen and oxygen atoms in total. The van der Waals surface area contributed by atoms with E-state index in [0.717, 1.165) is 38.8 Å². The second-order valence-corrected chi connectivity index (χ2v) is 4.89. The number of ether oxygens (including phenoxy) is 1. The Balaban J connectivity index is 1.93. The number of nitrogens with two attached hydrogens (primary N) is 1. The molecule has 1 amide bonds. The standard InChI is InChI=1S/C12H22N2O2/c1-2-9-8-14(6-7-16-9)12(15)10-4-3-5-11(10)13/h9-11H,2-8,13H2,1H3. The third-order valence-corrected chi connectivity index (χ3v) is 3.79. The van der Waals surface area contributed by atoms with Gasteiger partial charge in [0.15, 0.2) is 0 Å². The van der Waals surface area contributed by atoms with Gasteiger partial charge in [0.1, 0.15) is 0 Å². The lowest BCUT2D eigenvalue weighted by molar-refractivity contribution is -0.143. The fourth-order valence-electron chi connectivity index (χ4n) is 2.70. The summed E-state index contributed by atoms with van der Waals surface area (Å²) in [6.07, 6.45) is 4.25. The summed E-state index contributed by atoms with van der Waals surface area (Å²) in [5.74, 6) is 0.322. The predicted octanol–water partition coefficient (Wildman–Crippen LogP) is 0.751. The minimum atomic E-state index is 0.0654. The Hall–Kier alpha value is -0.610. The first kappa shape index (κ1) is 11.9. The maximum Gasteiger partial charge on any atom is 0.227 e. The highest BCUT2D eigenvalue weighted by Gasteiger charge is 2.34. The molecule has 3 unspecified atom stereocenters. The molecule has 3 atom stereocenters. The van der Waals surface area contributed by atoms with Crippen LogP contribution in [0.25, 0.3) is 0 Å². The van der Waals surface area contributed by atoms with E-state index in [4.69, 9.17) is 10.5 Å². The monoisotopic (exact) mass is 226 g/mol. The molecule has 1 aliphatic heterocycles. The normalized spacial score (nSPS) is 35.4. The van der Waals surface area contributed by atoms with Crippen LogP contribution in [-0.4, -0.2) is 42.6 Å². The molecule has 2 rings (SSSR count). The number of carbonyl (C=O) groups is 1. The van der Waals surface area contributed by atoms with Crippen molar-refractivity contribution in [2.45, 2.75) is 44.8 Å². The van der Waals surface area contributed by atoms with Gasteiger partial charge in [-0.1, -0.05) is 13.3 Å². The average Bonchev–Trinajstić information content (AvgIpc) is 2.74. The molecular weight excluding hydrogens is 204 g/mol. The van der Waals surface area contributed by atoms with Crippen LogP contribution in [0.1, 0.15) is 32.6 Å². The second-order valence-electron chi connectivity index (χ2n) is 4.89. The quantitative estimate of drug-likeness (QED) is 0.756. The summed E-state index contributed by atoms with van der Waals surface area (Å²) in [5.41, 5.74) is 5.97. The van der Waals surface area contributed by atoms with E-state index in [0.29, 0.717) is 6.61 Å². The lowest BCUT2D eigenvalue weighted by Gasteiger charge is -2.34. The Morgan fingerprint density at radius 1 is 1.50 bits per heavy atom. The van der Waals surface area contributed by atoms with E-state index in [2.05, 4.69) is 6.92 Å². The van der Waals surface area contributed by atoms with Gasteiger partial charge in [0.05, 0.1) is 18.6 Å². The van der Waals surface area contributed by atoms with Gasteiger partial charge in [0, 0.05) is 19.1 Å². The van der Waals surface area contributed by atoms with Crippen LogP contribution in [0.4, 0.5) is 0 Å². The van der Waals surface area contributed by atoms with Crippen LogP contribution in [-0.2, 0) is 9.53 Å². The Morgan fingerprint density at radius 3 is 2.94 bits per heavy atom. The van der Waals surface area contributed by atoms with Crippen LogP contribution >= 0.6 is 0 Å². The molecule has 0 spiro atoms. The van der Waals surface area contributed by atoms with E-state index in [9.17, 15) is 4.79 Å². The molecule has 1 aliphatic carbocycles. The molecule has 0 aromatic carbocycles. The van der Waals surface area contributed by atoms with E-state index in [1.165, 1.54) is 0 Å². The summed E-state index contributed by atoms with van der Waals surface area (Å²) in [5, 5.41) is 0. The van der Waals surface area contributed by atoms with Gasteiger partial charge < -0.3 is 15.4 Å². The van der Waals surface area contributed by atoms with Crippen molar-refractivity contribution in [2.24, 2.45) is 11.7 Å². The van der Waals surface area contributed by atoms with E-state index in [-0.39, 0.29) is 24.0 Å². The van der Waals surface area contributed by atoms with Gasteiger partial charge in [0.2, 0.25) is 5.91 Å². The zero-order chi connectivity index (χ0) is 11.5. The van der Waals surface area contributed by atoms with E-state index >= 15 is 0 Å². The fraction of sp³-hybridized carbons (Fsp3) is 0.917. The summed E-state index contributed by atoms with van der Waals surface area (Å²) in [4.78, 5) is 14.2. The molecule has 1 saturated carbocycles. The van der Waals surface area contributed by atoms with Crippen LogP contribution in [0, 0.1) is 5.92 Å². The van der Waals surface area contributed by atoms with Crippen molar-refractivity contribution in [1.29, 1.82) is 0 Å². The lowest BCUT2D eigenvalue weighted by Crippen LogP contribution is -2.49. The molecule has 0 bridgehead atoms. The van der Waals surface area contributed by atoms with Gasteiger partial charge in [-0.2, -0.15) is 0 Å². The van der Waals surface area contributed by atoms with Crippen molar-refractivity contribution in [3.8, 4) is 0 Å². The summed E-state index contributed by atoms with van der Waals surface area (Å²) < 4.78 is 5.57. The van der Waals surface area contributed by atoms with Gasteiger partial charge >= 0.3 is 0 Å². The number of amides is 1. The molecule has 0 aromatic heterocycles. The van der Waals surface area contributed by atoms with Crippen molar-refractivity contribution < 1.29 is 9.53 Å². The minimum absolute atomic E-state index is 0.0654. The van der Waals surface area contributed by atoms with E-state index in [1.54, 1.807) is 0 Å². The SMILES string of the molecule is CCC1CN(C(=O)C2CCCC2N)CCO1. The number of hydrogen-bond acceptors (Lipinski definition) is 3. The van der Waals surface area contributed by atoms with E-state index < -0.39 is 0 Å². The van der Waals surface area contributed by atoms with Crippen LogP contribution in [0.3, 0.4) is 0 Å². The van der Waals surface area contributed by atoms with Crippen molar-refractivity contribution in [1.82, 2.24) is 4.90 Å². The highest BCUT2D eigenvalue weighted by molar-refractivity contribution is 5.80. The van der Waals surface area contributed by atoms with Gasteiger partial charge in [-0.05, 0) is 19.3 Å². The average molecular weight is 226 g/mol. The summed E-state index contributed by atoms with van der Waals surface area (Å²) >= 11 is 0. The predicted molar refractivity (Wildman–Crippen MR) is 61.9 cm³/mol. The Labute approximate surface area is 97.1 Å². The first-order valence-electron chi connectivity index (χ1n) is 6.38. The van der Waals surface area contributed by atoms with Crippen LogP contribution in [0.5, 0.6) is 0 Å². The third-order valence-electron chi connectivity index (χ3n) is 3.79. The van der Waals surface area contributed by atoms with Crippen molar-refractivity contribution in [2.75, 3.05) is 19.7 Å². The molecule has 16 heavy (non-hydrogen) atoms. The largest absolute Gasteiger partial charge is 0.375 e. The van der Waals surface area contributed by atoms with Gasteiger partial charge in [-0.3, -0.25) is 4.79 Å². The first-order chi connectivity index (χ1) is 7.72. The summed E-state index contributed by atoms with van der Waals surface area (Å²) in [6.45, 7) is 4.25. The number of morpholine rings is 1. The van der Waals surface area contributed by atoms with Crippen LogP contribution in [0.2, 0.25) is 0 Å². The van der Waals surface area contributed by atoms with Crippen LogP contribution in [0.15, 0.2) is 0 Å². The molecule has 4 heteroatoms. The Kier molecular flexibility index (Phi) is 3.82. The molecule has 92 valence electrons. The second kappa shape index (κ2) is 5.15. The highest BCUT2D eigenvalue weighted by Crippen LogP contribution is 2.26. The molecular formula is C12H22N2O2. The lowest BCUT2D eigenvalue weighted by atomic mass is 10.0. The zero-order valence-corrected chi connectivity index (χ0v) is 10.0.